The maximum Gasteiger partial charge on any atom is -1.00 e. The molecule has 0 saturated carbocycles. The van der Waals surface area contributed by atoms with Gasteiger partial charge in [-0.1, -0.05) is 0 Å². The van der Waals surface area contributed by atoms with Crippen LogP contribution in [0.3, 0.4) is 0 Å². The molecule has 0 fully saturated rings. The number of rotatable bonds is 4. The average Bonchev–Trinajstić information content (AvgIpc) is 1.69. The minimum atomic E-state index is -0.263. The fourth-order valence-electron chi connectivity index (χ4n) is 0.246. The number of hydrogen-bond donors (Lipinski definition) is 0. The number of hydrogen-bond acceptors (Lipinski definition) is 2. The summed E-state index contributed by atoms with van der Waals surface area (Å²) in [5.41, 5.74) is 0. The van der Waals surface area contributed by atoms with Crippen molar-refractivity contribution in [3.8, 4) is 0 Å². The van der Waals surface area contributed by atoms with Gasteiger partial charge >= 0.3 is 54.1 Å². The van der Waals surface area contributed by atoms with Crippen molar-refractivity contribution < 1.29 is 34.3 Å². The Morgan fingerprint density at radius 3 is 1.56 bits per heavy atom. The molecule has 0 aromatic heterocycles. The van der Waals surface area contributed by atoms with Gasteiger partial charge in [0.1, 0.15) is 0 Å². The van der Waals surface area contributed by atoms with E-state index in [0.717, 1.165) is 9.25 Å². The van der Waals surface area contributed by atoms with Crippen LogP contribution in [0.2, 0.25) is 0 Å². The standard InChI is InChI=1S/2C2H5O.2ClH.Sn/c2*1-3-2;;;/h2*1H2,2H3;2*1H;/q;;;;+2/p-2. The predicted molar refractivity (Wildman–Crippen MR) is 29.5 cm³/mol. The Hall–Kier alpha value is 1.30. The van der Waals surface area contributed by atoms with Crippen molar-refractivity contribution in [2.45, 2.75) is 0 Å². The predicted octanol–water partition coefficient (Wildman–Crippen LogP) is -6.09. The topological polar surface area (TPSA) is 18.5 Å². The first-order valence-electron chi connectivity index (χ1n) is 2.10. The molecule has 0 atom stereocenters. The second-order valence-corrected chi connectivity index (χ2v) is 4.19. The van der Waals surface area contributed by atoms with E-state index in [-0.39, 0.29) is 46.0 Å². The zero-order valence-electron chi connectivity index (χ0n) is 5.49. The Morgan fingerprint density at radius 2 is 1.33 bits per heavy atom. The molecule has 2 nitrogen and oxygen atoms in total. The van der Waals surface area contributed by atoms with Gasteiger partial charge in [0.2, 0.25) is 0 Å². The summed E-state index contributed by atoms with van der Waals surface area (Å²) in [5.74, 6) is 0. The molecule has 0 aromatic rings. The second kappa shape index (κ2) is 16.1. The molecular formula is C4H10Cl2O2Sn. The number of methoxy groups -OCH3 is 2. The molecular weight excluding hydrogens is 270 g/mol. The second-order valence-electron chi connectivity index (χ2n) is 1.12. The van der Waals surface area contributed by atoms with Crippen molar-refractivity contribution in [2.75, 3.05) is 23.5 Å². The van der Waals surface area contributed by atoms with Gasteiger partial charge in [0.05, 0.1) is 0 Å². The van der Waals surface area contributed by atoms with Crippen LogP contribution in [0.4, 0.5) is 0 Å². The van der Waals surface area contributed by atoms with Crippen LogP contribution in [0.25, 0.3) is 0 Å². The minimum absolute atomic E-state index is 0. The van der Waals surface area contributed by atoms with E-state index in [0.29, 0.717) is 0 Å². The molecule has 56 valence electrons. The Morgan fingerprint density at radius 1 is 1.00 bits per heavy atom. The van der Waals surface area contributed by atoms with Crippen LogP contribution >= 0.6 is 0 Å². The number of ether oxygens (including phenoxy) is 2. The molecule has 0 bridgehead atoms. The summed E-state index contributed by atoms with van der Waals surface area (Å²) in [6.45, 7) is 0. The largest absolute Gasteiger partial charge is 1.00 e. The SMILES string of the molecule is CO[CH2][Sn+2][CH2]OC.[Cl-].[Cl-]. The van der Waals surface area contributed by atoms with E-state index in [2.05, 4.69) is 0 Å². The molecule has 0 N–H and O–H groups in total. The van der Waals surface area contributed by atoms with E-state index < -0.39 is 0 Å². The summed E-state index contributed by atoms with van der Waals surface area (Å²) in [5, 5.41) is 0. The van der Waals surface area contributed by atoms with E-state index in [9.17, 15) is 0 Å². The van der Waals surface area contributed by atoms with Crippen molar-refractivity contribution in [1.29, 1.82) is 0 Å². The van der Waals surface area contributed by atoms with E-state index in [1.807, 2.05) is 0 Å². The van der Waals surface area contributed by atoms with Crippen LogP contribution in [0.1, 0.15) is 0 Å². The fraction of sp³-hybridized carbons (Fsp3) is 1.00. The molecule has 5 heteroatoms. The van der Waals surface area contributed by atoms with Crippen LogP contribution in [-0.4, -0.2) is 44.6 Å². The zero-order chi connectivity index (χ0) is 5.54. The van der Waals surface area contributed by atoms with Crippen molar-refractivity contribution >= 4 is 21.1 Å². The summed E-state index contributed by atoms with van der Waals surface area (Å²) in [7, 11) is 3.47. The van der Waals surface area contributed by atoms with Gasteiger partial charge in [0, 0.05) is 0 Å². The van der Waals surface area contributed by atoms with E-state index in [1.165, 1.54) is 0 Å². The third-order valence-electron chi connectivity index (χ3n) is 0.493. The summed E-state index contributed by atoms with van der Waals surface area (Å²) in [6.07, 6.45) is 0. The van der Waals surface area contributed by atoms with Crippen molar-refractivity contribution in [3.05, 3.63) is 0 Å². The third kappa shape index (κ3) is 17.6. The molecule has 0 rings (SSSR count). The molecule has 9 heavy (non-hydrogen) atoms. The minimum Gasteiger partial charge on any atom is -1.00 e. The molecule has 0 aliphatic rings. The van der Waals surface area contributed by atoms with E-state index in [1.54, 1.807) is 14.2 Å². The summed E-state index contributed by atoms with van der Waals surface area (Å²) in [6, 6.07) is 0. The molecule has 0 amide bonds. The van der Waals surface area contributed by atoms with Crippen LogP contribution in [0.5, 0.6) is 0 Å². The molecule has 0 unspecified atom stereocenters. The quantitative estimate of drug-likeness (QED) is 0.377. The van der Waals surface area contributed by atoms with Crippen LogP contribution in [0.15, 0.2) is 0 Å². The first-order chi connectivity index (χ1) is 3.41. The van der Waals surface area contributed by atoms with Crippen molar-refractivity contribution in [3.63, 3.8) is 0 Å². The van der Waals surface area contributed by atoms with Gasteiger partial charge in [-0.25, -0.2) is 0 Å². The first-order valence-corrected chi connectivity index (χ1v) is 6.14. The third-order valence-corrected chi connectivity index (χ3v) is 3.31. The van der Waals surface area contributed by atoms with Gasteiger partial charge in [0.25, 0.3) is 0 Å². The molecule has 0 saturated heterocycles. The van der Waals surface area contributed by atoms with Gasteiger partial charge in [0.15, 0.2) is 0 Å². The van der Waals surface area contributed by atoms with Crippen LogP contribution in [0, 0.1) is 0 Å². The molecule has 0 spiro atoms. The van der Waals surface area contributed by atoms with E-state index in [4.69, 9.17) is 9.47 Å². The Kier molecular flexibility index (Phi) is 30.0. The molecule has 0 heterocycles. The molecule has 0 aliphatic carbocycles. The van der Waals surface area contributed by atoms with Gasteiger partial charge in [-0.15, -0.1) is 0 Å². The Bertz CT molecular complexity index is 35.7. The Labute approximate surface area is 78.7 Å². The maximum absolute atomic E-state index is 4.84. The van der Waals surface area contributed by atoms with Crippen LogP contribution < -0.4 is 24.8 Å². The van der Waals surface area contributed by atoms with Gasteiger partial charge < -0.3 is 24.8 Å². The fourth-order valence-corrected chi connectivity index (χ4v) is 1.65. The molecule has 0 radical (unpaired) electrons. The molecule has 0 aliphatic heterocycles. The van der Waals surface area contributed by atoms with E-state index >= 15 is 0 Å². The van der Waals surface area contributed by atoms with Gasteiger partial charge in [-0.3, -0.25) is 0 Å². The summed E-state index contributed by atoms with van der Waals surface area (Å²) < 4.78 is 11.6. The monoisotopic (exact) mass is 280 g/mol. The normalized spacial score (nSPS) is 6.44. The smallest absolute Gasteiger partial charge is 1.00 e. The first kappa shape index (κ1) is 16.7. The van der Waals surface area contributed by atoms with Crippen LogP contribution in [-0.2, 0) is 9.47 Å². The van der Waals surface area contributed by atoms with Gasteiger partial charge in [-0.2, -0.15) is 0 Å². The van der Waals surface area contributed by atoms with Crippen molar-refractivity contribution in [1.82, 2.24) is 0 Å². The summed E-state index contributed by atoms with van der Waals surface area (Å²) >= 11 is -0.263. The Balaban J connectivity index is -0.000000180. The summed E-state index contributed by atoms with van der Waals surface area (Å²) in [4.78, 5) is 0. The van der Waals surface area contributed by atoms with Crippen molar-refractivity contribution in [2.24, 2.45) is 0 Å². The maximum atomic E-state index is 4.84. The van der Waals surface area contributed by atoms with Gasteiger partial charge in [-0.05, 0) is 0 Å². The molecule has 0 aromatic carbocycles. The zero-order valence-corrected chi connectivity index (χ0v) is 9.85. The number of halogens is 2. The average molecular weight is 280 g/mol.